The second-order valence-corrected chi connectivity index (χ2v) is 4.56. The average molecular weight is 229 g/mol. The molecule has 1 heterocycles. The standard InChI is InChI=1S/C14H19N3/c1-11(2)14-16-13(8-15)10-17(14)9-12-6-4-3-5-7-12/h3-7,10-11H,8-9,15H2,1-2H3. The van der Waals surface area contributed by atoms with Gasteiger partial charge in [0.05, 0.1) is 5.69 Å². The molecule has 0 radical (unpaired) electrons. The molecule has 17 heavy (non-hydrogen) atoms. The summed E-state index contributed by atoms with van der Waals surface area (Å²) >= 11 is 0. The van der Waals surface area contributed by atoms with Crippen LogP contribution in [0.1, 0.15) is 36.8 Å². The van der Waals surface area contributed by atoms with E-state index in [0.717, 1.165) is 18.1 Å². The molecule has 90 valence electrons. The lowest BCUT2D eigenvalue weighted by Gasteiger charge is -2.09. The van der Waals surface area contributed by atoms with Crippen LogP contribution in [0.5, 0.6) is 0 Å². The Bertz CT molecular complexity index is 471. The molecule has 0 bridgehead atoms. The topological polar surface area (TPSA) is 43.8 Å². The highest BCUT2D eigenvalue weighted by Crippen LogP contribution is 2.16. The predicted octanol–water partition coefficient (Wildman–Crippen LogP) is 2.51. The zero-order chi connectivity index (χ0) is 12.3. The number of hydrogen-bond acceptors (Lipinski definition) is 2. The van der Waals surface area contributed by atoms with E-state index in [0.29, 0.717) is 12.5 Å². The minimum absolute atomic E-state index is 0.416. The Balaban J connectivity index is 2.28. The lowest BCUT2D eigenvalue weighted by Crippen LogP contribution is -2.05. The van der Waals surface area contributed by atoms with Crippen molar-refractivity contribution < 1.29 is 0 Å². The molecule has 0 fully saturated rings. The van der Waals surface area contributed by atoms with E-state index in [-0.39, 0.29) is 0 Å². The zero-order valence-corrected chi connectivity index (χ0v) is 10.4. The van der Waals surface area contributed by atoms with Crippen molar-refractivity contribution in [3.05, 3.63) is 53.6 Å². The summed E-state index contributed by atoms with van der Waals surface area (Å²) in [5, 5.41) is 0. The van der Waals surface area contributed by atoms with Crippen LogP contribution in [0.25, 0.3) is 0 Å². The van der Waals surface area contributed by atoms with Crippen LogP contribution in [0.3, 0.4) is 0 Å². The van der Waals surface area contributed by atoms with Crippen molar-refractivity contribution in [3.8, 4) is 0 Å². The average Bonchev–Trinajstić information content (AvgIpc) is 2.74. The van der Waals surface area contributed by atoms with Crippen molar-refractivity contribution in [1.82, 2.24) is 9.55 Å². The largest absolute Gasteiger partial charge is 0.330 e. The van der Waals surface area contributed by atoms with Crippen molar-refractivity contribution in [2.75, 3.05) is 0 Å². The highest BCUT2D eigenvalue weighted by atomic mass is 15.1. The van der Waals surface area contributed by atoms with Gasteiger partial charge in [-0.25, -0.2) is 4.98 Å². The van der Waals surface area contributed by atoms with Crippen LogP contribution in [0, 0.1) is 0 Å². The molecule has 2 N–H and O–H groups in total. The molecule has 2 rings (SSSR count). The van der Waals surface area contributed by atoms with Crippen molar-refractivity contribution in [1.29, 1.82) is 0 Å². The highest BCUT2D eigenvalue weighted by molar-refractivity contribution is 5.17. The van der Waals surface area contributed by atoms with Crippen LogP contribution in [0.15, 0.2) is 36.5 Å². The maximum Gasteiger partial charge on any atom is 0.111 e. The molecule has 0 saturated heterocycles. The van der Waals surface area contributed by atoms with E-state index >= 15 is 0 Å². The fourth-order valence-electron chi connectivity index (χ4n) is 1.95. The molecule has 0 aliphatic heterocycles. The third kappa shape index (κ3) is 2.74. The molecule has 3 nitrogen and oxygen atoms in total. The number of aromatic nitrogens is 2. The van der Waals surface area contributed by atoms with E-state index in [2.05, 4.69) is 53.9 Å². The van der Waals surface area contributed by atoms with E-state index in [4.69, 9.17) is 5.73 Å². The molecular weight excluding hydrogens is 210 g/mol. The molecule has 1 aromatic heterocycles. The van der Waals surface area contributed by atoms with Crippen LogP contribution >= 0.6 is 0 Å². The van der Waals surface area contributed by atoms with Gasteiger partial charge in [0.15, 0.2) is 0 Å². The minimum Gasteiger partial charge on any atom is -0.330 e. The van der Waals surface area contributed by atoms with Crippen molar-refractivity contribution in [2.24, 2.45) is 5.73 Å². The summed E-state index contributed by atoms with van der Waals surface area (Å²) in [7, 11) is 0. The summed E-state index contributed by atoms with van der Waals surface area (Å²) in [6.07, 6.45) is 2.06. The lowest BCUT2D eigenvalue weighted by molar-refractivity contribution is 0.669. The van der Waals surface area contributed by atoms with Crippen LogP contribution in [0.2, 0.25) is 0 Å². The van der Waals surface area contributed by atoms with Gasteiger partial charge in [0.2, 0.25) is 0 Å². The van der Waals surface area contributed by atoms with Crippen LogP contribution in [-0.2, 0) is 13.1 Å². The maximum absolute atomic E-state index is 5.65. The monoisotopic (exact) mass is 229 g/mol. The van der Waals surface area contributed by atoms with Crippen LogP contribution < -0.4 is 5.73 Å². The lowest BCUT2D eigenvalue weighted by atomic mass is 10.2. The van der Waals surface area contributed by atoms with Gasteiger partial charge in [-0.15, -0.1) is 0 Å². The van der Waals surface area contributed by atoms with E-state index in [1.165, 1.54) is 5.56 Å². The van der Waals surface area contributed by atoms with Crippen molar-refractivity contribution in [2.45, 2.75) is 32.9 Å². The van der Waals surface area contributed by atoms with Gasteiger partial charge in [0, 0.05) is 25.2 Å². The predicted molar refractivity (Wildman–Crippen MR) is 69.8 cm³/mol. The van der Waals surface area contributed by atoms with Gasteiger partial charge in [-0.1, -0.05) is 44.2 Å². The molecule has 0 aliphatic rings. The number of imidazole rings is 1. The number of nitrogens with two attached hydrogens (primary N) is 1. The Hall–Kier alpha value is -1.61. The molecule has 0 aliphatic carbocycles. The zero-order valence-electron chi connectivity index (χ0n) is 10.4. The molecule has 0 atom stereocenters. The highest BCUT2D eigenvalue weighted by Gasteiger charge is 2.10. The van der Waals surface area contributed by atoms with Crippen molar-refractivity contribution >= 4 is 0 Å². The maximum atomic E-state index is 5.65. The van der Waals surface area contributed by atoms with E-state index in [1.807, 2.05) is 6.07 Å². The Morgan fingerprint density at radius 2 is 1.94 bits per heavy atom. The van der Waals surface area contributed by atoms with Gasteiger partial charge in [0.25, 0.3) is 0 Å². The summed E-state index contributed by atoms with van der Waals surface area (Å²) < 4.78 is 2.20. The van der Waals surface area contributed by atoms with Gasteiger partial charge in [-0.05, 0) is 5.56 Å². The second kappa shape index (κ2) is 5.15. The fourth-order valence-corrected chi connectivity index (χ4v) is 1.95. The number of rotatable bonds is 4. The van der Waals surface area contributed by atoms with Crippen LogP contribution in [0.4, 0.5) is 0 Å². The van der Waals surface area contributed by atoms with Gasteiger partial charge in [-0.2, -0.15) is 0 Å². The van der Waals surface area contributed by atoms with E-state index in [9.17, 15) is 0 Å². The minimum atomic E-state index is 0.416. The number of hydrogen-bond donors (Lipinski definition) is 1. The molecule has 3 heteroatoms. The summed E-state index contributed by atoms with van der Waals surface area (Å²) in [4.78, 5) is 4.56. The third-order valence-electron chi connectivity index (χ3n) is 2.78. The smallest absolute Gasteiger partial charge is 0.111 e. The molecule has 0 saturated carbocycles. The summed E-state index contributed by atoms with van der Waals surface area (Å²) in [5.74, 6) is 1.52. The summed E-state index contributed by atoms with van der Waals surface area (Å²) in [6.45, 7) is 5.68. The fraction of sp³-hybridized carbons (Fsp3) is 0.357. The summed E-state index contributed by atoms with van der Waals surface area (Å²) in [5.41, 5.74) is 7.90. The van der Waals surface area contributed by atoms with Crippen LogP contribution in [-0.4, -0.2) is 9.55 Å². The molecular formula is C14H19N3. The third-order valence-corrected chi connectivity index (χ3v) is 2.78. The SMILES string of the molecule is CC(C)c1nc(CN)cn1Cc1ccccc1. The molecule has 0 unspecified atom stereocenters. The molecule has 2 aromatic rings. The first-order valence-electron chi connectivity index (χ1n) is 6.00. The first kappa shape index (κ1) is 11.9. The van der Waals surface area contributed by atoms with E-state index < -0.39 is 0 Å². The quantitative estimate of drug-likeness (QED) is 0.875. The van der Waals surface area contributed by atoms with Gasteiger partial charge >= 0.3 is 0 Å². The molecule has 1 aromatic carbocycles. The number of benzene rings is 1. The van der Waals surface area contributed by atoms with Gasteiger partial charge < -0.3 is 10.3 Å². The Labute approximate surface area is 102 Å². The number of nitrogens with zero attached hydrogens (tertiary/aromatic N) is 2. The first-order valence-corrected chi connectivity index (χ1v) is 6.00. The summed E-state index contributed by atoms with van der Waals surface area (Å²) in [6, 6.07) is 10.4. The first-order chi connectivity index (χ1) is 8.20. The molecule has 0 spiro atoms. The van der Waals surface area contributed by atoms with Gasteiger partial charge in [0.1, 0.15) is 5.82 Å². The Kier molecular flexibility index (Phi) is 3.59. The Morgan fingerprint density at radius 1 is 1.24 bits per heavy atom. The van der Waals surface area contributed by atoms with E-state index in [1.54, 1.807) is 0 Å². The normalized spacial score (nSPS) is 11.1. The molecule has 0 amide bonds. The van der Waals surface area contributed by atoms with Gasteiger partial charge in [-0.3, -0.25) is 0 Å². The second-order valence-electron chi connectivity index (χ2n) is 4.56. The van der Waals surface area contributed by atoms with Crippen molar-refractivity contribution in [3.63, 3.8) is 0 Å². The Morgan fingerprint density at radius 3 is 2.53 bits per heavy atom.